The number of rotatable bonds is 5. The zero-order valence-electron chi connectivity index (χ0n) is 13.4. The molecule has 0 aliphatic rings. The van der Waals surface area contributed by atoms with Crippen molar-refractivity contribution in [1.29, 1.82) is 0 Å². The first-order valence-corrected chi connectivity index (χ1v) is 7.58. The summed E-state index contributed by atoms with van der Waals surface area (Å²) in [5, 5.41) is 9.68. The van der Waals surface area contributed by atoms with E-state index in [2.05, 4.69) is 15.5 Å². The molecule has 0 radical (unpaired) electrons. The molecule has 0 saturated carbocycles. The van der Waals surface area contributed by atoms with Gasteiger partial charge in [0, 0.05) is 25.8 Å². The molecule has 132 valence electrons. The van der Waals surface area contributed by atoms with Crippen LogP contribution in [0.3, 0.4) is 0 Å². The Morgan fingerprint density at radius 1 is 1.33 bits per heavy atom. The summed E-state index contributed by atoms with van der Waals surface area (Å²) in [4.78, 5) is 12.0. The first kappa shape index (κ1) is 18.3. The van der Waals surface area contributed by atoms with Gasteiger partial charge in [-0.1, -0.05) is 11.6 Å². The fourth-order valence-electron chi connectivity index (χ4n) is 2.37. The summed E-state index contributed by atoms with van der Waals surface area (Å²) in [6.07, 6.45) is -4.10. The van der Waals surface area contributed by atoms with Crippen LogP contribution in [0, 0.1) is 13.8 Å². The topological polar surface area (TPSA) is 64.7 Å². The number of aromatic nitrogens is 4. The molecule has 24 heavy (non-hydrogen) atoms. The van der Waals surface area contributed by atoms with E-state index in [4.69, 9.17) is 11.6 Å². The number of hydrogen-bond donors (Lipinski definition) is 1. The zero-order valence-corrected chi connectivity index (χ0v) is 14.2. The lowest BCUT2D eigenvalue weighted by atomic mass is 10.3. The van der Waals surface area contributed by atoms with Crippen molar-refractivity contribution in [3.05, 3.63) is 33.9 Å². The Kier molecular flexibility index (Phi) is 5.22. The Balaban J connectivity index is 1.95. The third kappa shape index (κ3) is 3.89. The summed E-state index contributed by atoms with van der Waals surface area (Å²) in [5.41, 5.74) is 0.326. The number of nitrogens with one attached hydrogen (secondary N) is 1. The fourth-order valence-corrected chi connectivity index (χ4v) is 2.72. The third-order valence-corrected chi connectivity index (χ3v) is 3.77. The van der Waals surface area contributed by atoms with Gasteiger partial charge in [0.25, 0.3) is 5.91 Å². The van der Waals surface area contributed by atoms with Crippen LogP contribution in [0.2, 0.25) is 5.02 Å². The van der Waals surface area contributed by atoms with Gasteiger partial charge in [-0.3, -0.25) is 14.2 Å². The van der Waals surface area contributed by atoms with E-state index in [1.165, 1.54) is 0 Å². The first-order chi connectivity index (χ1) is 11.1. The molecule has 1 amide bonds. The van der Waals surface area contributed by atoms with Gasteiger partial charge in [-0.15, -0.1) is 0 Å². The molecule has 6 nitrogen and oxygen atoms in total. The lowest BCUT2D eigenvalue weighted by molar-refractivity contribution is -0.143. The Labute approximate surface area is 141 Å². The Hall–Kier alpha value is -2.03. The van der Waals surface area contributed by atoms with Gasteiger partial charge in [0.15, 0.2) is 11.4 Å². The second kappa shape index (κ2) is 6.84. The number of nitrogens with zero attached hydrogens (tertiary/aromatic N) is 4. The number of hydrogen-bond acceptors (Lipinski definition) is 3. The number of carbonyl (C=O) groups excluding carboxylic acids is 1. The number of halogens is 4. The lowest BCUT2D eigenvalue weighted by Crippen LogP contribution is -2.26. The van der Waals surface area contributed by atoms with E-state index in [9.17, 15) is 18.0 Å². The maximum Gasteiger partial charge on any atom is 0.434 e. The van der Waals surface area contributed by atoms with Crippen molar-refractivity contribution < 1.29 is 18.0 Å². The maximum absolute atomic E-state index is 12.8. The second-order valence-electron chi connectivity index (χ2n) is 5.39. The summed E-state index contributed by atoms with van der Waals surface area (Å²) in [7, 11) is 1.09. The van der Waals surface area contributed by atoms with Crippen molar-refractivity contribution in [2.45, 2.75) is 33.0 Å². The second-order valence-corrected chi connectivity index (χ2v) is 5.77. The van der Waals surface area contributed by atoms with Crippen LogP contribution in [0.5, 0.6) is 0 Å². The van der Waals surface area contributed by atoms with Crippen molar-refractivity contribution >= 4 is 17.5 Å². The van der Waals surface area contributed by atoms with Crippen molar-refractivity contribution in [3.63, 3.8) is 0 Å². The van der Waals surface area contributed by atoms with E-state index in [1.807, 2.05) is 19.9 Å². The summed E-state index contributed by atoms with van der Waals surface area (Å²) in [5.74, 6) is -0.737. The summed E-state index contributed by atoms with van der Waals surface area (Å²) < 4.78 is 40.9. The molecule has 0 aliphatic heterocycles. The minimum Gasteiger partial charge on any atom is -0.351 e. The quantitative estimate of drug-likeness (QED) is 0.831. The Morgan fingerprint density at radius 2 is 2.00 bits per heavy atom. The molecule has 0 unspecified atom stereocenters. The van der Waals surface area contributed by atoms with Crippen LogP contribution in [0.1, 0.15) is 34.0 Å². The molecule has 0 bridgehead atoms. The molecule has 1 N–H and O–H groups in total. The Morgan fingerprint density at radius 3 is 2.50 bits per heavy atom. The van der Waals surface area contributed by atoms with E-state index >= 15 is 0 Å². The standard InChI is InChI=1S/C14H17ClF3N5O/c1-8-7-9(2)23(20-8)6-4-5-19-13(24)11-10(15)12(14(16,17)18)22(3)21-11/h7H,4-6H2,1-3H3,(H,19,24). The molecule has 0 aliphatic carbocycles. The van der Waals surface area contributed by atoms with E-state index in [0.717, 1.165) is 18.4 Å². The minimum absolute atomic E-state index is 0.269. The van der Waals surface area contributed by atoms with Gasteiger partial charge in [0.1, 0.15) is 5.02 Å². The van der Waals surface area contributed by atoms with E-state index in [0.29, 0.717) is 17.6 Å². The fraction of sp³-hybridized carbons (Fsp3) is 0.500. The van der Waals surface area contributed by atoms with Crippen LogP contribution in [0.4, 0.5) is 13.2 Å². The predicted octanol–water partition coefficient (Wildman–Crippen LogP) is 2.73. The van der Waals surface area contributed by atoms with Gasteiger partial charge in [-0.25, -0.2) is 0 Å². The van der Waals surface area contributed by atoms with Crippen molar-refractivity contribution in [2.75, 3.05) is 6.54 Å². The van der Waals surface area contributed by atoms with Crippen LogP contribution >= 0.6 is 11.6 Å². The van der Waals surface area contributed by atoms with Crippen LogP contribution in [-0.2, 0) is 19.8 Å². The van der Waals surface area contributed by atoms with E-state index in [1.54, 1.807) is 4.68 Å². The van der Waals surface area contributed by atoms with Gasteiger partial charge in [0.2, 0.25) is 0 Å². The van der Waals surface area contributed by atoms with Gasteiger partial charge in [-0.05, 0) is 26.3 Å². The summed E-state index contributed by atoms with van der Waals surface area (Å²) in [6.45, 7) is 4.66. The predicted molar refractivity (Wildman–Crippen MR) is 81.9 cm³/mol. The summed E-state index contributed by atoms with van der Waals surface area (Å²) in [6, 6.07) is 1.94. The van der Waals surface area contributed by atoms with Gasteiger partial charge in [-0.2, -0.15) is 23.4 Å². The van der Waals surface area contributed by atoms with Crippen molar-refractivity contribution in [2.24, 2.45) is 7.05 Å². The smallest absolute Gasteiger partial charge is 0.351 e. The highest BCUT2D eigenvalue weighted by Gasteiger charge is 2.39. The van der Waals surface area contributed by atoms with Crippen molar-refractivity contribution in [1.82, 2.24) is 24.9 Å². The van der Waals surface area contributed by atoms with Crippen LogP contribution in [-0.4, -0.2) is 32.0 Å². The normalized spacial score (nSPS) is 11.8. The average molecular weight is 364 g/mol. The maximum atomic E-state index is 12.8. The largest absolute Gasteiger partial charge is 0.434 e. The van der Waals surface area contributed by atoms with Crippen LogP contribution in [0.25, 0.3) is 0 Å². The van der Waals surface area contributed by atoms with Gasteiger partial charge in [0.05, 0.1) is 5.69 Å². The van der Waals surface area contributed by atoms with E-state index < -0.39 is 28.5 Å². The molecule has 0 saturated heterocycles. The monoisotopic (exact) mass is 363 g/mol. The minimum atomic E-state index is -4.67. The molecule has 0 fully saturated rings. The number of alkyl halides is 3. The highest BCUT2D eigenvalue weighted by Crippen LogP contribution is 2.35. The zero-order chi connectivity index (χ0) is 18.1. The molecule has 10 heteroatoms. The third-order valence-electron chi connectivity index (χ3n) is 3.41. The SMILES string of the molecule is Cc1cc(C)n(CCCNC(=O)c2nn(C)c(C(F)(F)F)c2Cl)n1. The molecule has 2 aromatic rings. The molecule has 0 aromatic carbocycles. The van der Waals surface area contributed by atoms with Gasteiger partial charge >= 0.3 is 6.18 Å². The molecule has 2 rings (SSSR count). The van der Waals surface area contributed by atoms with Crippen LogP contribution in [0.15, 0.2) is 6.07 Å². The lowest BCUT2D eigenvalue weighted by Gasteiger charge is -2.06. The molecule has 2 aromatic heterocycles. The average Bonchev–Trinajstić information content (AvgIpc) is 2.93. The molecule has 0 spiro atoms. The number of amides is 1. The summed E-state index contributed by atoms with van der Waals surface area (Å²) >= 11 is 5.66. The van der Waals surface area contributed by atoms with Crippen LogP contribution < -0.4 is 5.32 Å². The van der Waals surface area contributed by atoms with Crippen molar-refractivity contribution in [3.8, 4) is 0 Å². The molecular weight excluding hydrogens is 347 g/mol. The Bertz CT molecular complexity index is 750. The highest BCUT2D eigenvalue weighted by atomic mass is 35.5. The molecule has 2 heterocycles. The number of aryl methyl sites for hydroxylation is 4. The molecule has 0 atom stereocenters. The van der Waals surface area contributed by atoms with Gasteiger partial charge < -0.3 is 5.32 Å². The molecular formula is C14H17ClF3N5O. The highest BCUT2D eigenvalue weighted by molar-refractivity contribution is 6.34. The number of carbonyl (C=O) groups is 1. The van der Waals surface area contributed by atoms with E-state index in [-0.39, 0.29) is 6.54 Å². The first-order valence-electron chi connectivity index (χ1n) is 7.20.